The van der Waals surface area contributed by atoms with Gasteiger partial charge in [-0.25, -0.2) is 0 Å². The standard InChI is InChI=1S/C29H46O4/c1-18-10-12-28(32-17-18)19(2)25-24(33-28)15-22-21-9-8-20-7-5-6-11-26(20,3)23(21)16-29(27(22,25)4)30-13-14-31-29/h18-25H,5-17H2,1-4H3/t18-,19+,20-,21+,22+,23+,24+,25+,26+,27+,28-/m1/s1. The Balaban J connectivity index is 1.28. The van der Waals surface area contributed by atoms with Gasteiger partial charge in [-0.05, 0) is 73.5 Å². The van der Waals surface area contributed by atoms with E-state index in [9.17, 15) is 0 Å². The van der Waals surface area contributed by atoms with E-state index in [0.717, 1.165) is 50.4 Å². The number of fused-ring (bicyclic) bond motifs is 8. The van der Waals surface area contributed by atoms with Gasteiger partial charge in [0.1, 0.15) is 0 Å². The van der Waals surface area contributed by atoms with Crippen LogP contribution in [0.25, 0.3) is 0 Å². The third-order valence-corrected chi connectivity index (χ3v) is 12.8. The molecule has 0 N–H and O–H groups in total. The number of rotatable bonds is 0. The lowest BCUT2D eigenvalue weighted by molar-refractivity contribution is -0.319. The van der Waals surface area contributed by atoms with Crippen molar-refractivity contribution >= 4 is 0 Å². The molecular formula is C29H46O4. The molecule has 2 spiro atoms. The van der Waals surface area contributed by atoms with E-state index in [1.165, 1.54) is 51.4 Å². The van der Waals surface area contributed by atoms with Crippen LogP contribution in [0.15, 0.2) is 0 Å². The molecule has 0 aromatic rings. The molecule has 0 unspecified atom stereocenters. The molecule has 4 nitrogen and oxygen atoms in total. The quantitative estimate of drug-likeness (QED) is 0.435. The minimum atomic E-state index is -0.425. The summed E-state index contributed by atoms with van der Waals surface area (Å²) in [7, 11) is 0. The summed E-state index contributed by atoms with van der Waals surface area (Å²) in [5.41, 5.74) is 0.487. The van der Waals surface area contributed by atoms with Gasteiger partial charge in [0.05, 0.1) is 25.9 Å². The van der Waals surface area contributed by atoms with E-state index in [1.807, 2.05) is 0 Å². The lowest BCUT2D eigenvalue weighted by Crippen LogP contribution is -2.65. The van der Waals surface area contributed by atoms with Crippen molar-refractivity contribution in [2.24, 2.45) is 52.3 Å². The largest absolute Gasteiger partial charge is 0.349 e. The molecule has 0 radical (unpaired) electrons. The monoisotopic (exact) mass is 458 g/mol. The third kappa shape index (κ3) is 2.68. The summed E-state index contributed by atoms with van der Waals surface area (Å²) < 4.78 is 27.2. The van der Waals surface area contributed by atoms with Crippen molar-refractivity contribution < 1.29 is 18.9 Å². The normalized spacial score (nSPS) is 59.3. The van der Waals surface area contributed by atoms with Crippen LogP contribution in [0.4, 0.5) is 0 Å². The predicted octanol–water partition coefficient (Wildman–Crippen LogP) is 6.18. The van der Waals surface area contributed by atoms with Gasteiger partial charge in [0.15, 0.2) is 11.6 Å². The van der Waals surface area contributed by atoms with Crippen LogP contribution in [0, 0.1) is 52.3 Å². The van der Waals surface area contributed by atoms with E-state index in [0.29, 0.717) is 35.2 Å². The molecule has 3 heterocycles. The summed E-state index contributed by atoms with van der Waals surface area (Å²) in [5.74, 6) is 3.80. The highest BCUT2D eigenvalue weighted by atomic mass is 16.7. The van der Waals surface area contributed by atoms with Crippen molar-refractivity contribution in [3.8, 4) is 0 Å². The molecule has 0 bridgehead atoms. The molecule has 0 aromatic carbocycles. The fraction of sp³-hybridized carbons (Fsp3) is 1.00. The van der Waals surface area contributed by atoms with Gasteiger partial charge in [-0.15, -0.1) is 0 Å². The number of ether oxygens (including phenoxy) is 4. The van der Waals surface area contributed by atoms with Gasteiger partial charge in [0, 0.05) is 30.1 Å². The van der Waals surface area contributed by atoms with Crippen molar-refractivity contribution in [2.75, 3.05) is 19.8 Å². The van der Waals surface area contributed by atoms with Gasteiger partial charge >= 0.3 is 0 Å². The molecule has 186 valence electrons. The van der Waals surface area contributed by atoms with E-state index >= 15 is 0 Å². The first-order valence-electron chi connectivity index (χ1n) is 14.4. The minimum Gasteiger partial charge on any atom is -0.349 e. The second-order valence-electron chi connectivity index (χ2n) is 13.8. The molecule has 33 heavy (non-hydrogen) atoms. The molecule has 11 atom stereocenters. The van der Waals surface area contributed by atoms with Crippen molar-refractivity contribution in [1.82, 2.24) is 0 Å². The Hall–Kier alpha value is -0.160. The maximum Gasteiger partial charge on any atom is 0.174 e. The zero-order valence-electron chi connectivity index (χ0n) is 21.4. The number of hydrogen-bond donors (Lipinski definition) is 0. The van der Waals surface area contributed by atoms with Crippen LogP contribution >= 0.6 is 0 Å². The van der Waals surface area contributed by atoms with Gasteiger partial charge < -0.3 is 18.9 Å². The van der Waals surface area contributed by atoms with E-state index < -0.39 is 5.79 Å². The van der Waals surface area contributed by atoms with Gasteiger partial charge in [-0.3, -0.25) is 0 Å². The van der Waals surface area contributed by atoms with Crippen LogP contribution in [0.1, 0.15) is 91.9 Å². The summed E-state index contributed by atoms with van der Waals surface area (Å²) >= 11 is 0. The van der Waals surface area contributed by atoms with Crippen molar-refractivity contribution in [3.63, 3.8) is 0 Å². The van der Waals surface area contributed by atoms with Crippen LogP contribution < -0.4 is 0 Å². The van der Waals surface area contributed by atoms with E-state index in [-0.39, 0.29) is 11.2 Å². The average molecular weight is 459 g/mol. The highest BCUT2D eigenvalue weighted by molar-refractivity contribution is 5.20. The van der Waals surface area contributed by atoms with E-state index in [4.69, 9.17) is 18.9 Å². The summed E-state index contributed by atoms with van der Waals surface area (Å²) in [4.78, 5) is 0. The molecule has 0 amide bonds. The molecule has 7 rings (SSSR count). The Morgan fingerprint density at radius 3 is 2.39 bits per heavy atom. The van der Waals surface area contributed by atoms with Gasteiger partial charge in [-0.2, -0.15) is 0 Å². The molecular weight excluding hydrogens is 412 g/mol. The Morgan fingerprint density at radius 1 is 0.818 bits per heavy atom. The molecule has 3 aliphatic heterocycles. The summed E-state index contributed by atoms with van der Waals surface area (Å²) in [5, 5.41) is 0. The van der Waals surface area contributed by atoms with Crippen LogP contribution in [0.3, 0.4) is 0 Å². The molecule has 4 heteroatoms. The SMILES string of the molecule is C[C@@H]1CC[C@@]2(OC1)O[C@H]1C[C@H]3[C@@H]4CC[C@H]5CCCC[C@]5(C)[C@H]4CC4(OCCO4)[C@]3(C)[C@H]1[C@@H]2C. The second-order valence-corrected chi connectivity index (χ2v) is 13.8. The first-order valence-corrected chi connectivity index (χ1v) is 14.4. The van der Waals surface area contributed by atoms with Gasteiger partial charge in [-0.1, -0.05) is 40.5 Å². The first-order chi connectivity index (χ1) is 15.8. The maximum atomic E-state index is 7.01. The predicted molar refractivity (Wildman–Crippen MR) is 126 cm³/mol. The van der Waals surface area contributed by atoms with E-state index in [2.05, 4.69) is 27.7 Å². The lowest BCUT2D eigenvalue weighted by atomic mass is 9.43. The Labute approximate surface area is 200 Å². The molecule has 4 aliphatic carbocycles. The van der Waals surface area contributed by atoms with Crippen LogP contribution in [0.2, 0.25) is 0 Å². The van der Waals surface area contributed by atoms with Crippen LogP contribution in [-0.4, -0.2) is 37.5 Å². The fourth-order valence-electron chi connectivity index (χ4n) is 11.1. The van der Waals surface area contributed by atoms with Gasteiger partial charge in [0.25, 0.3) is 0 Å². The summed E-state index contributed by atoms with van der Waals surface area (Å²) in [6.07, 6.45) is 13.4. The Kier molecular flexibility index (Phi) is 4.82. The molecule has 0 aromatic heterocycles. The molecule has 7 fully saturated rings. The van der Waals surface area contributed by atoms with Crippen molar-refractivity contribution in [3.05, 3.63) is 0 Å². The number of hydrogen-bond acceptors (Lipinski definition) is 4. The first kappa shape index (κ1) is 22.1. The molecule has 4 saturated carbocycles. The molecule has 3 saturated heterocycles. The average Bonchev–Trinajstić information content (AvgIpc) is 3.46. The zero-order valence-corrected chi connectivity index (χ0v) is 21.4. The van der Waals surface area contributed by atoms with Crippen molar-refractivity contribution in [2.45, 2.75) is 110 Å². The highest BCUT2D eigenvalue weighted by Crippen LogP contribution is 2.74. The smallest absolute Gasteiger partial charge is 0.174 e. The Bertz CT molecular complexity index is 782. The summed E-state index contributed by atoms with van der Waals surface area (Å²) in [6, 6.07) is 0. The van der Waals surface area contributed by atoms with Crippen molar-refractivity contribution in [1.29, 1.82) is 0 Å². The zero-order chi connectivity index (χ0) is 22.6. The minimum absolute atomic E-state index is 0.0164. The third-order valence-electron chi connectivity index (χ3n) is 12.8. The second kappa shape index (κ2) is 7.20. The van der Waals surface area contributed by atoms with E-state index in [1.54, 1.807) is 0 Å². The molecule has 7 aliphatic rings. The van der Waals surface area contributed by atoms with Crippen LogP contribution in [0.5, 0.6) is 0 Å². The Morgan fingerprint density at radius 2 is 1.64 bits per heavy atom. The highest BCUT2D eigenvalue weighted by Gasteiger charge is 2.77. The maximum absolute atomic E-state index is 7.01. The lowest BCUT2D eigenvalue weighted by Gasteiger charge is -2.65. The van der Waals surface area contributed by atoms with Gasteiger partial charge in [0.2, 0.25) is 0 Å². The fourth-order valence-corrected chi connectivity index (χ4v) is 11.1. The topological polar surface area (TPSA) is 36.9 Å². The van der Waals surface area contributed by atoms with Crippen LogP contribution in [-0.2, 0) is 18.9 Å². The summed E-state index contributed by atoms with van der Waals surface area (Å²) in [6.45, 7) is 12.3.